The maximum absolute atomic E-state index is 11.3. The highest BCUT2D eigenvalue weighted by atomic mass is 35.7. The molecule has 1 heterocycles. The molecular weight excluding hydrogens is 523 g/mol. The molecule has 0 radical (unpaired) electrons. The van der Waals surface area contributed by atoms with Crippen molar-refractivity contribution in [3.05, 3.63) is 56.7 Å². The molecule has 33 heavy (non-hydrogen) atoms. The number of nitrogens with zero attached hydrogens (tertiary/aromatic N) is 1. The molecule has 0 aliphatic carbocycles. The number of benzene rings is 2. The van der Waals surface area contributed by atoms with E-state index in [9.17, 15) is 14.0 Å². The van der Waals surface area contributed by atoms with E-state index in [0.29, 0.717) is 14.4 Å². The molecule has 0 bridgehead atoms. The largest absolute Gasteiger partial charge is 0.384 e. The minimum atomic E-state index is -4.69. The van der Waals surface area contributed by atoms with E-state index in [4.69, 9.17) is 34.0 Å². The van der Waals surface area contributed by atoms with Crippen molar-refractivity contribution in [2.45, 2.75) is 18.7 Å². The van der Waals surface area contributed by atoms with E-state index in [1.165, 1.54) is 0 Å². The van der Waals surface area contributed by atoms with E-state index in [1.54, 1.807) is 18.2 Å². The summed E-state index contributed by atoms with van der Waals surface area (Å²) in [6.07, 6.45) is 1.91. The Kier molecular flexibility index (Phi) is 10.3. The zero-order valence-electron chi connectivity index (χ0n) is 17.7. The molecule has 1 aliphatic heterocycles. The second kappa shape index (κ2) is 12.1. The zero-order valence-corrected chi connectivity index (χ0v) is 20.7. The Labute approximate surface area is 202 Å². The van der Waals surface area contributed by atoms with Gasteiger partial charge in [0.05, 0.1) is 34.6 Å². The number of rotatable bonds is 8. The van der Waals surface area contributed by atoms with Crippen molar-refractivity contribution < 1.29 is 56.8 Å². The third-order valence-electron chi connectivity index (χ3n) is 4.49. The molecule has 1 unspecified atom stereocenters. The van der Waals surface area contributed by atoms with Crippen molar-refractivity contribution in [3.63, 3.8) is 0 Å². The first kappa shape index (κ1) is 28.2. The van der Waals surface area contributed by atoms with Gasteiger partial charge in [-0.15, -0.1) is 0 Å². The van der Waals surface area contributed by atoms with Gasteiger partial charge in [-0.1, -0.05) is 31.5 Å². The number of anilines is 1. The molecule has 0 saturated carbocycles. The number of likely N-dealkylation sites (N-methyl/N-ethyl adjacent to an activating group) is 1. The van der Waals surface area contributed by atoms with Gasteiger partial charge in [-0.2, -0.15) is 28.0 Å². The van der Waals surface area contributed by atoms with E-state index >= 15 is 0 Å². The molecule has 2 aromatic rings. The van der Waals surface area contributed by atoms with Gasteiger partial charge in [0.15, 0.2) is 0 Å². The van der Waals surface area contributed by atoms with Gasteiger partial charge in [0.1, 0.15) is 14.5 Å². The van der Waals surface area contributed by atoms with Crippen LogP contribution in [0.3, 0.4) is 0 Å². The van der Waals surface area contributed by atoms with Crippen LogP contribution in [0.25, 0.3) is 6.08 Å². The highest BCUT2D eigenvalue weighted by molar-refractivity contribution is 8.05. The normalized spacial score (nSPS) is 15.2. The SMILES string of the molecule is CCN(CC)CCNc1ccc2c(c1)=S(O[Cl+3]([O-])([O-])[O-])c1ccc(Cl)cc1C=2.[O-][Cl+3]([O-])([O-])O. The molecule has 0 amide bonds. The maximum Gasteiger partial charge on any atom is 0.148 e. The highest BCUT2D eigenvalue weighted by Crippen LogP contribution is 2.38. The lowest BCUT2D eigenvalue weighted by atomic mass is 10.1. The second-order valence-electron chi connectivity index (χ2n) is 6.64. The van der Waals surface area contributed by atoms with E-state index in [2.05, 4.69) is 24.1 Å². The number of fused-ring (bicyclic) bond motifs is 2. The summed E-state index contributed by atoms with van der Waals surface area (Å²) in [6, 6.07) is 10.7. The van der Waals surface area contributed by atoms with Gasteiger partial charge in [-0.05, 0) is 60.3 Å². The first-order valence-electron chi connectivity index (χ1n) is 9.53. The van der Waals surface area contributed by atoms with Crippen LogP contribution < -0.4 is 38.5 Å². The Morgan fingerprint density at radius 3 is 2.24 bits per heavy atom. The lowest BCUT2D eigenvalue weighted by Crippen LogP contribution is -2.60. The van der Waals surface area contributed by atoms with Gasteiger partial charge in [-0.25, -0.2) is 0 Å². The third kappa shape index (κ3) is 9.62. The highest BCUT2D eigenvalue weighted by Gasteiger charge is 2.27. The fourth-order valence-corrected chi connectivity index (χ4v) is 5.73. The Bertz CT molecular complexity index is 1070. The monoisotopic (exact) mass is 544 g/mol. The first-order valence-corrected chi connectivity index (χ1v) is 13.6. The summed E-state index contributed by atoms with van der Waals surface area (Å²) in [6.45, 7) is 7.85. The molecule has 0 fully saturated rings. The average molecular weight is 546 g/mol. The molecule has 0 spiro atoms. The Hall–Kier alpha value is -1.03. The summed E-state index contributed by atoms with van der Waals surface area (Å²) in [7, 11) is -10.6. The van der Waals surface area contributed by atoms with Crippen molar-refractivity contribution >= 4 is 34.1 Å². The Balaban J connectivity index is 0.000000696. The van der Waals surface area contributed by atoms with E-state index < -0.39 is 31.3 Å². The molecule has 2 aromatic carbocycles. The summed E-state index contributed by atoms with van der Waals surface area (Å²) in [5, 5.41) is 4.68. The van der Waals surface area contributed by atoms with Gasteiger partial charge < -0.3 is 10.2 Å². The molecule has 1 aliphatic rings. The fraction of sp³-hybridized carbons (Fsp3) is 0.316. The van der Waals surface area contributed by atoms with Crippen molar-refractivity contribution in [1.29, 1.82) is 0 Å². The van der Waals surface area contributed by atoms with Gasteiger partial charge in [-0.3, -0.25) is 0 Å². The van der Waals surface area contributed by atoms with Gasteiger partial charge in [0, 0.05) is 23.8 Å². The average Bonchev–Trinajstić information content (AvgIpc) is 2.69. The Morgan fingerprint density at radius 1 is 1.03 bits per heavy atom. The quantitative estimate of drug-likeness (QED) is 0.316. The van der Waals surface area contributed by atoms with Crippen LogP contribution >= 0.6 is 22.4 Å². The van der Waals surface area contributed by atoms with Crippen LogP contribution in [0.15, 0.2) is 41.3 Å². The maximum atomic E-state index is 11.3. The number of halogens is 3. The standard InChI is InChI=1S/C19H22Cl2N2O4S.ClHO4/c1-3-23(4-2)10-9-22-17-7-5-14-11-15-12-16(20)6-8-18(15)28(19(14)13-17)27-21(24,25)26;2-1(3,4)5/h5-8,11-13,22H,3-4,9-10H2,1-2H3;(H,2,3,4,5). The molecule has 14 heteroatoms. The molecule has 3 rings (SSSR count). The van der Waals surface area contributed by atoms with Crippen LogP contribution in [0.2, 0.25) is 5.02 Å². The summed E-state index contributed by atoms with van der Waals surface area (Å²) in [4.78, 5) is 2.92. The van der Waals surface area contributed by atoms with Crippen LogP contribution in [0, 0.1) is 25.0 Å². The van der Waals surface area contributed by atoms with E-state index in [0.717, 1.165) is 42.6 Å². The number of hydrogen-bond acceptors (Lipinski definition) is 10. The summed E-state index contributed by atoms with van der Waals surface area (Å²) >= 11 is 6.06. The predicted octanol–water partition coefficient (Wildman–Crippen LogP) is -3.48. The van der Waals surface area contributed by atoms with Crippen molar-refractivity contribution in [1.82, 2.24) is 4.90 Å². The molecule has 0 aromatic heterocycles. The minimum absolute atomic E-state index is 0.527. The minimum Gasteiger partial charge on any atom is -0.384 e. The molecule has 10 nitrogen and oxygen atoms in total. The lowest BCUT2D eigenvalue weighted by Gasteiger charge is -2.19. The number of hydrogen-bond donors (Lipinski definition) is 2. The van der Waals surface area contributed by atoms with Gasteiger partial charge in [0.2, 0.25) is 0 Å². The topological polar surface area (TPSA) is 183 Å². The predicted molar refractivity (Wildman–Crippen MR) is 105 cm³/mol. The van der Waals surface area contributed by atoms with Crippen molar-refractivity contribution in [3.8, 4) is 0 Å². The van der Waals surface area contributed by atoms with Crippen LogP contribution in [-0.2, 0) is 3.74 Å². The molecule has 184 valence electrons. The van der Waals surface area contributed by atoms with E-state index in [1.807, 2.05) is 24.3 Å². The smallest absolute Gasteiger partial charge is 0.148 e. The van der Waals surface area contributed by atoms with Gasteiger partial charge >= 0.3 is 0 Å². The first-order chi connectivity index (χ1) is 15.3. The van der Waals surface area contributed by atoms with Crippen LogP contribution in [0.4, 0.5) is 5.69 Å². The number of nitrogens with one attached hydrogen (secondary N) is 1. The van der Waals surface area contributed by atoms with Crippen molar-refractivity contribution in [2.75, 3.05) is 31.5 Å². The lowest BCUT2D eigenvalue weighted by molar-refractivity contribution is -1.92. The van der Waals surface area contributed by atoms with E-state index in [-0.39, 0.29) is 0 Å². The van der Waals surface area contributed by atoms with Crippen LogP contribution in [-0.4, -0.2) is 35.7 Å². The van der Waals surface area contributed by atoms with Crippen molar-refractivity contribution in [2.24, 2.45) is 0 Å². The summed E-state index contributed by atoms with van der Waals surface area (Å²) < 4.78 is 72.3. The molecule has 0 saturated heterocycles. The second-order valence-corrected chi connectivity index (χ2v) is 10.5. The summed E-state index contributed by atoms with van der Waals surface area (Å²) in [5.41, 5.74) is 1.59. The fourth-order valence-electron chi connectivity index (χ4n) is 3.05. The third-order valence-corrected chi connectivity index (χ3v) is 7.37. The van der Waals surface area contributed by atoms with Gasteiger partial charge in [0.25, 0.3) is 0 Å². The Morgan fingerprint density at radius 2 is 1.67 bits per heavy atom. The molecule has 1 atom stereocenters. The van der Waals surface area contributed by atoms with Crippen LogP contribution in [0.1, 0.15) is 19.4 Å². The molecule has 2 N–H and O–H groups in total. The van der Waals surface area contributed by atoms with Crippen LogP contribution in [0.5, 0.6) is 0 Å². The zero-order chi connectivity index (χ0) is 24.8. The summed E-state index contributed by atoms with van der Waals surface area (Å²) in [5.74, 6) is 0. The molecular formula is C19H23Cl3N2O8S.